The van der Waals surface area contributed by atoms with Gasteiger partial charge >= 0.3 is 0 Å². The fraction of sp³-hybridized carbons (Fsp3) is 0.417. The molecule has 2 nitrogen and oxygen atoms in total. The van der Waals surface area contributed by atoms with Crippen LogP contribution in [0.2, 0.25) is 0 Å². The lowest BCUT2D eigenvalue weighted by Crippen LogP contribution is -2.19. The first-order valence-corrected chi connectivity index (χ1v) is 6.48. The predicted octanol–water partition coefficient (Wildman–Crippen LogP) is 2.42. The number of ketones is 1. The van der Waals surface area contributed by atoms with E-state index < -0.39 is 10.8 Å². The van der Waals surface area contributed by atoms with Crippen molar-refractivity contribution < 1.29 is 9.00 Å². The van der Waals surface area contributed by atoms with Crippen molar-refractivity contribution >= 4 is 16.6 Å². The molecular formula is C12H16O2S. The van der Waals surface area contributed by atoms with E-state index in [9.17, 15) is 9.00 Å². The lowest BCUT2D eigenvalue weighted by molar-refractivity contribution is 0.102. The maximum Gasteiger partial charge on any atom is 0.175 e. The molecule has 0 bridgehead atoms. The molecular weight excluding hydrogens is 208 g/mol. The predicted molar refractivity (Wildman–Crippen MR) is 63.5 cm³/mol. The van der Waals surface area contributed by atoms with E-state index in [0.717, 1.165) is 6.42 Å². The van der Waals surface area contributed by atoms with E-state index in [1.54, 1.807) is 12.1 Å². The Labute approximate surface area is 93.2 Å². The Morgan fingerprint density at radius 1 is 1.33 bits per heavy atom. The van der Waals surface area contributed by atoms with Gasteiger partial charge in [0.1, 0.15) is 0 Å². The number of hydrogen-bond donors (Lipinski definition) is 0. The van der Waals surface area contributed by atoms with Crippen LogP contribution in [-0.2, 0) is 10.8 Å². The SMILES string of the molecule is CCC(C)S(=O)CC(=O)c1ccccc1. The molecule has 0 N–H and O–H groups in total. The Hall–Kier alpha value is -0.960. The zero-order valence-electron chi connectivity index (χ0n) is 9.10. The van der Waals surface area contributed by atoms with Gasteiger partial charge in [-0.1, -0.05) is 44.2 Å². The topological polar surface area (TPSA) is 34.1 Å². The molecule has 2 atom stereocenters. The first-order chi connectivity index (χ1) is 7.15. The summed E-state index contributed by atoms with van der Waals surface area (Å²) in [7, 11) is -1.04. The van der Waals surface area contributed by atoms with Crippen LogP contribution < -0.4 is 0 Å². The Morgan fingerprint density at radius 2 is 1.93 bits per heavy atom. The molecule has 0 spiro atoms. The Bertz CT molecular complexity index is 346. The van der Waals surface area contributed by atoms with Gasteiger partial charge < -0.3 is 0 Å². The lowest BCUT2D eigenvalue weighted by atomic mass is 10.2. The highest BCUT2D eigenvalue weighted by atomic mass is 32.2. The maximum atomic E-state index is 11.7. The normalized spacial score (nSPS) is 14.5. The van der Waals surface area contributed by atoms with E-state index in [4.69, 9.17) is 0 Å². The van der Waals surface area contributed by atoms with E-state index in [0.29, 0.717) is 5.56 Å². The van der Waals surface area contributed by atoms with Gasteiger partial charge in [-0.05, 0) is 6.42 Å². The van der Waals surface area contributed by atoms with Crippen LogP contribution in [0.3, 0.4) is 0 Å². The maximum absolute atomic E-state index is 11.7. The molecule has 1 rings (SSSR count). The number of carbonyl (C=O) groups excluding carboxylic acids is 1. The summed E-state index contributed by atoms with van der Waals surface area (Å²) in [5, 5.41) is 0.0951. The van der Waals surface area contributed by atoms with Crippen LogP contribution in [-0.4, -0.2) is 21.0 Å². The standard InChI is InChI=1S/C12H16O2S/c1-3-10(2)15(14)9-12(13)11-7-5-4-6-8-11/h4-8,10H,3,9H2,1-2H3. The van der Waals surface area contributed by atoms with Crippen molar-refractivity contribution in [1.29, 1.82) is 0 Å². The van der Waals surface area contributed by atoms with Crippen molar-refractivity contribution in [1.82, 2.24) is 0 Å². The van der Waals surface area contributed by atoms with Gasteiger partial charge in [0.25, 0.3) is 0 Å². The van der Waals surface area contributed by atoms with Gasteiger partial charge in [0.05, 0.1) is 5.75 Å². The molecule has 82 valence electrons. The second-order valence-electron chi connectivity index (χ2n) is 3.53. The number of benzene rings is 1. The third-order valence-corrected chi connectivity index (χ3v) is 4.17. The summed E-state index contributed by atoms with van der Waals surface area (Å²) < 4.78 is 11.6. The summed E-state index contributed by atoms with van der Waals surface area (Å²) >= 11 is 0. The van der Waals surface area contributed by atoms with Crippen molar-refractivity contribution in [2.75, 3.05) is 5.75 Å². The first kappa shape index (κ1) is 12.1. The molecule has 0 aliphatic carbocycles. The third-order valence-electron chi connectivity index (χ3n) is 2.39. The highest BCUT2D eigenvalue weighted by Crippen LogP contribution is 2.05. The van der Waals surface area contributed by atoms with Gasteiger partial charge in [0.15, 0.2) is 5.78 Å². The average molecular weight is 224 g/mol. The Morgan fingerprint density at radius 3 is 2.47 bits per heavy atom. The van der Waals surface area contributed by atoms with Crippen LogP contribution in [0, 0.1) is 0 Å². The van der Waals surface area contributed by atoms with Crippen molar-refractivity contribution in [2.45, 2.75) is 25.5 Å². The van der Waals surface area contributed by atoms with E-state index in [-0.39, 0.29) is 16.8 Å². The Kier molecular flexibility index (Phi) is 4.69. The molecule has 0 aliphatic heterocycles. The number of rotatable bonds is 5. The lowest BCUT2D eigenvalue weighted by Gasteiger charge is -2.07. The van der Waals surface area contributed by atoms with E-state index in [2.05, 4.69) is 0 Å². The molecule has 15 heavy (non-hydrogen) atoms. The van der Waals surface area contributed by atoms with Crippen molar-refractivity contribution in [3.63, 3.8) is 0 Å². The van der Waals surface area contributed by atoms with E-state index in [1.165, 1.54) is 0 Å². The molecule has 0 aromatic heterocycles. The zero-order valence-corrected chi connectivity index (χ0v) is 9.92. The molecule has 0 saturated carbocycles. The van der Waals surface area contributed by atoms with E-state index >= 15 is 0 Å². The fourth-order valence-electron chi connectivity index (χ4n) is 1.16. The molecule has 0 amide bonds. The van der Waals surface area contributed by atoms with Crippen LogP contribution in [0.25, 0.3) is 0 Å². The Balaban J connectivity index is 2.61. The summed E-state index contributed by atoms with van der Waals surface area (Å²) in [4.78, 5) is 11.7. The fourth-order valence-corrected chi connectivity index (χ4v) is 2.25. The van der Waals surface area contributed by atoms with E-state index in [1.807, 2.05) is 32.0 Å². The number of carbonyl (C=O) groups is 1. The van der Waals surface area contributed by atoms with Crippen LogP contribution in [0.5, 0.6) is 0 Å². The van der Waals surface area contributed by atoms with Crippen molar-refractivity contribution in [3.8, 4) is 0 Å². The molecule has 0 heterocycles. The second kappa shape index (κ2) is 5.81. The summed E-state index contributed by atoms with van der Waals surface area (Å²) in [5.41, 5.74) is 0.647. The van der Waals surface area contributed by atoms with Gasteiger partial charge in [0.2, 0.25) is 0 Å². The van der Waals surface area contributed by atoms with Gasteiger partial charge in [0, 0.05) is 21.6 Å². The minimum Gasteiger partial charge on any atom is -0.293 e. The average Bonchev–Trinajstić information content (AvgIpc) is 2.29. The molecule has 0 aliphatic rings. The number of hydrogen-bond acceptors (Lipinski definition) is 2. The molecule has 2 unspecified atom stereocenters. The summed E-state index contributed by atoms with van der Waals surface area (Å²) in [6.07, 6.45) is 0.842. The van der Waals surface area contributed by atoms with Crippen LogP contribution in [0.15, 0.2) is 30.3 Å². The highest BCUT2D eigenvalue weighted by molar-refractivity contribution is 7.86. The second-order valence-corrected chi connectivity index (χ2v) is 5.39. The van der Waals surface area contributed by atoms with Gasteiger partial charge in [-0.15, -0.1) is 0 Å². The van der Waals surface area contributed by atoms with Crippen LogP contribution >= 0.6 is 0 Å². The minimum atomic E-state index is -1.04. The summed E-state index contributed by atoms with van der Waals surface area (Å²) in [6.45, 7) is 3.89. The van der Waals surface area contributed by atoms with Crippen LogP contribution in [0.4, 0.5) is 0 Å². The molecule has 1 aromatic carbocycles. The largest absolute Gasteiger partial charge is 0.293 e. The monoisotopic (exact) mass is 224 g/mol. The summed E-state index contributed by atoms with van der Waals surface area (Å²) in [5.74, 6) is 0.105. The van der Waals surface area contributed by atoms with Gasteiger partial charge in [-0.3, -0.25) is 9.00 Å². The smallest absolute Gasteiger partial charge is 0.175 e. The minimum absolute atomic E-state index is 0.0331. The highest BCUT2D eigenvalue weighted by Gasteiger charge is 2.14. The first-order valence-electron chi connectivity index (χ1n) is 5.10. The van der Waals surface area contributed by atoms with Crippen molar-refractivity contribution in [3.05, 3.63) is 35.9 Å². The third kappa shape index (κ3) is 3.59. The summed E-state index contributed by atoms with van der Waals surface area (Å²) in [6, 6.07) is 9.02. The quantitative estimate of drug-likeness (QED) is 0.720. The zero-order chi connectivity index (χ0) is 11.3. The van der Waals surface area contributed by atoms with Gasteiger partial charge in [-0.25, -0.2) is 0 Å². The van der Waals surface area contributed by atoms with Crippen molar-refractivity contribution in [2.24, 2.45) is 0 Å². The number of Topliss-reactive ketones (excluding diaryl/α,β-unsaturated/α-hetero) is 1. The molecule has 3 heteroatoms. The molecule has 0 saturated heterocycles. The van der Waals surface area contributed by atoms with Crippen LogP contribution in [0.1, 0.15) is 30.6 Å². The van der Waals surface area contributed by atoms with Gasteiger partial charge in [-0.2, -0.15) is 0 Å². The molecule has 0 fully saturated rings. The molecule has 1 aromatic rings. The molecule has 0 radical (unpaired) electrons.